The van der Waals surface area contributed by atoms with Crippen molar-refractivity contribution in [2.75, 3.05) is 20.1 Å². The highest BCUT2D eigenvalue weighted by atomic mass is 19.1. The minimum Gasteiger partial charge on any atom is -0.489 e. The van der Waals surface area contributed by atoms with Crippen LogP contribution in [0, 0.1) is 11.7 Å². The molecule has 2 aromatic rings. The number of amides is 3. The second-order valence-electron chi connectivity index (χ2n) is 10.9. The third-order valence-electron chi connectivity index (χ3n) is 7.72. The normalized spacial score (nSPS) is 27.9. The zero-order valence-electron chi connectivity index (χ0n) is 23.5. The molecule has 2 aliphatic rings. The van der Waals surface area contributed by atoms with E-state index < -0.39 is 48.0 Å². The van der Waals surface area contributed by atoms with E-state index in [1.54, 1.807) is 31.2 Å². The van der Waals surface area contributed by atoms with Crippen LogP contribution < -0.4 is 20.7 Å². The van der Waals surface area contributed by atoms with Gasteiger partial charge in [-0.1, -0.05) is 30.3 Å². The molecule has 1 saturated carbocycles. The van der Waals surface area contributed by atoms with Gasteiger partial charge in [0, 0.05) is 25.7 Å². The third kappa shape index (κ3) is 7.60. The first-order chi connectivity index (χ1) is 19.6. The quantitative estimate of drug-likeness (QED) is 0.378. The number of aliphatic hydroxyl groups excluding tert-OH is 2. The van der Waals surface area contributed by atoms with Gasteiger partial charge in [0.25, 0.3) is 0 Å². The molecule has 5 N–H and O–H groups in total. The third-order valence-corrected chi connectivity index (χ3v) is 7.72. The van der Waals surface area contributed by atoms with E-state index in [2.05, 4.69) is 16.0 Å². The molecule has 3 amide bonds. The number of aliphatic hydroxyl groups is 2. The summed E-state index contributed by atoms with van der Waals surface area (Å²) in [5, 5.41) is 30.5. The molecule has 222 valence electrons. The molecule has 11 heteroatoms. The number of ether oxygens (including phenoxy) is 1. The summed E-state index contributed by atoms with van der Waals surface area (Å²) < 4.78 is 19.6. The van der Waals surface area contributed by atoms with Crippen molar-refractivity contribution in [2.24, 2.45) is 5.92 Å². The smallest absolute Gasteiger partial charge is 0.245 e. The molecular formula is C30H39FN4O6. The summed E-state index contributed by atoms with van der Waals surface area (Å²) in [5.74, 6) is -1.48. The van der Waals surface area contributed by atoms with Crippen LogP contribution >= 0.6 is 0 Å². The number of rotatable bonds is 3. The molecule has 41 heavy (non-hydrogen) atoms. The van der Waals surface area contributed by atoms with E-state index in [9.17, 15) is 29.0 Å². The van der Waals surface area contributed by atoms with Gasteiger partial charge in [-0.05, 0) is 62.8 Å². The molecular weight excluding hydrogens is 531 g/mol. The fourth-order valence-electron chi connectivity index (χ4n) is 4.90. The number of para-hydroxylation sites is 1. The van der Waals surface area contributed by atoms with Gasteiger partial charge in [-0.3, -0.25) is 14.4 Å². The fraction of sp³-hybridized carbons (Fsp3) is 0.500. The summed E-state index contributed by atoms with van der Waals surface area (Å²) in [7, 11) is 1.53. The first-order valence-electron chi connectivity index (χ1n) is 14.0. The summed E-state index contributed by atoms with van der Waals surface area (Å²) in [4.78, 5) is 41.4. The van der Waals surface area contributed by atoms with Crippen LogP contribution in [0.15, 0.2) is 48.5 Å². The standard InChI is InChI=1S/C30H39FN4O6/c1-17-16-33-25(19-8-9-19)30(40)35(3)18(2)28(38)34-26(27(37)20-10-12-21(31)13-11-20)29(39)32-15-14-23(36)22-6-4-5-7-24(22)41-17/h4-7,10-13,17-19,23,25-27,33,36-37H,8-9,14-16H2,1-3H3,(H,32,39)(H,34,38)/t17-,18-,23?,25+,26-,27?/m1/s1. The van der Waals surface area contributed by atoms with Gasteiger partial charge in [-0.15, -0.1) is 0 Å². The van der Waals surface area contributed by atoms with Crippen LogP contribution in [0.4, 0.5) is 4.39 Å². The maximum absolute atomic E-state index is 13.5. The molecule has 1 aliphatic carbocycles. The molecule has 0 bridgehead atoms. The van der Waals surface area contributed by atoms with E-state index in [1.165, 1.54) is 24.1 Å². The maximum atomic E-state index is 13.5. The molecule has 4 rings (SSSR count). The Labute approximate surface area is 239 Å². The number of carbonyl (C=O) groups excluding carboxylic acids is 3. The summed E-state index contributed by atoms with van der Waals surface area (Å²) in [6.07, 6.45) is -0.878. The monoisotopic (exact) mass is 570 g/mol. The molecule has 2 aromatic carbocycles. The summed E-state index contributed by atoms with van der Waals surface area (Å²) in [5.41, 5.74) is 0.776. The van der Waals surface area contributed by atoms with Crippen LogP contribution in [-0.2, 0) is 14.4 Å². The van der Waals surface area contributed by atoms with E-state index in [-0.39, 0.29) is 36.5 Å². The van der Waals surface area contributed by atoms with Crippen LogP contribution in [0.1, 0.15) is 56.4 Å². The Morgan fingerprint density at radius 2 is 1.68 bits per heavy atom. The van der Waals surface area contributed by atoms with E-state index >= 15 is 0 Å². The number of hydrogen-bond donors (Lipinski definition) is 5. The highest BCUT2D eigenvalue weighted by molar-refractivity contribution is 5.93. The molecule has 1 aliphatic heterocycles. The van der Waals surface area contributed by atoms with Gasteiger partial charge in [0.05, 0.1) is 12.1 Å². The average molecular weight is 571 g/mol. The van der Waals surface area contributed by atoms with Crippen molar-refractivity contribution in [1.29, 1.82) is 0 Å². The first-order valence-corrected chi connectivity index (χ1v) is 14.0. The largest absolute Gasteiger partial charge is 0.489 e. The van der Waals surface area contributed by atoms with Crippen molar-refractivity contribution < 1.29 is 33.7 Å². The Bertz CT molecular complexity index is 1220. The molecule has 0 aromatic heterocycles. The van der Waals surface area contributed by atoms with Gasteiger partial charge < -0.3 is 35.8 Å². The Morgan fingerprint density at radius 3 is 2.37 bits per heavy atom. The Kier molecular flexibility index (Phi) is 9.95. The lowest BCUT2D eigenvalue weighted by atomic mass is 10.0. The van der Waals surface area contributed by atoms with Gasteiger partial charge in [-0.2, -0.15) is 0 Å². The second-order valence-corrected chi connectivity index (χ2v) is 10.9. The first kappa shape index (κ1) is 30.4. The van der Waals surface area contributed by atoms with Gasteiger partial charge in [0.2, 0.25) is 17.7 Å². The Morgan fingerprint density at radius 1 is 1.00 bits per heavy atom. The summed E-state index contributed by atoms with van der Waals surface area (Å²) >= 11 is 0. The van der Waals surface area contributed by atoms with Crippen molar-refractivity contribution in [3.8, 4) is 5.75 Å². The molecule has 1 heterocycles. The highest BCUT2D eigenvalue weighted by Crippen LogP contribution is 2.34. The van der Waals surface area contributed by atoms with Crippen LogP contribution in [0.3, 0.4) is 0 Å². The fourth-order valence-corrected chi connectivity index (χ4v) is 4.90. The highest BCUT2D eigenvalue weighted by Gasteiger charge is 2.40. The number of likely N-dealkylation sites (N-methyl/N-ethyl adjacent to an activating group) is 1. The van der Waals surface area contributed by atoms with Gasteiger partial charge in [0.15, 0.2) is 0 Å². The zero-order chi connectivity index (χ0) is 29.7. The Balaban J connectivity index is 1.62. The summed E-state index contributed by atoms with van der Waals surface area (Å²) in [6, 6.07) is 9.13. The molecule has 0 saturated heterocycles. The van der Waals surface area contributed by atoms with Gasteiger partial charge in [0.1, 0.15) is 35.9 Å². The van der Waals surface area contributed by atoms with Gasteiger partial charge >= 0.3 is 0 Å². The van der Waals surface area contributed by atoms with Crippen LogP contribution in [0.2, 0.25) is 0 Å². The van der Waals surface area contributed by atoms with Crippen molar-refractivity contribution in [3.63, 3.8) is 0 Å². The number of fused-ring (bicyclic) bond motifs is 1. The number of hydrogen-bond acceptors (Lipinski definition) is 7. The number of nitrogens with zero attached hydrogens (tertiary/aromatic N) is 1. The maximum Gasteiger partial charge on any atom is 0.245 e. The number of nitrogens with one attached hydrogen (secondary N) is 3. The van der Waals surface area contributed by atoms with Crippen LogP contribution in [0.25, 0.3) is 0 Å². The number of benzene rings is 2. The van der Waals surface area contributed by atoms with Crippen LogP contribution in [0.5, 0.6) is 5.75 Å². The zero-order valence-corrected chi connectivity index (χ0v) is 23.5. The van der Waals surface area contributed by atoms with E-state index in [0.717, 1.165) is 25.0 Å². The predicted molar refractivity (Wildman–Crippen MR) is 149 cm³/mol. The average Bonchev–Trinajstić information content (AvgIpc) is 3.80. The molecule has 0 radical (unpaired) electrons. The minimum atomic E-state index is -1.50. The Hall–Kier alpha value is -3.54. The number of halogens is 1. The molecule has 2 unspecified atom stereocenters. The summed E-state index contributed by atoms with van der Waals surface area (Å²) in [6.45, 7) is 3.82. The molecule has 0 spiro atoms. The molecule has 6 atom stereocenters. The predicted octanol–water partition coefficient (Wildman–Crippen LogP) is 1.58. The second kappa shape index (κ2) is 13.4. The van der Waals surface area contributed by atoms with Crippen molar-refractivity contribution in [2.45, 2.75) is 69.5 Å². The SMILES string of the molecule is C[C@@H]1CN[C@@H](C2CC2)C(=O)N(C)[C@H](C)C(=O)N[C@H](C(O)c2ccc(F)cc2)C(=O)NCCC(O)c2ccccc2O1. The van der Waals surface area contributed by atoms with Crippen molar-refractivity contribution >= 4 is 17.7 Å². The lowest BCUT2D eigenvalue weighted by molar-refractivity contribution is -0.142. The van der Waals surface area contributed by atoms with Crippen LogP contribution in [-0.4, -0.2) is 77.2 Å². The van der Waals surface area contributed by atoms with Gasteiger partial charge in [-0.25, -0.2) is 4.39 Å². The lowest BCUT2D eigenvalue weighted by Crippen LogP contribution is -2.57. The molecule has 10 nitrogen and oxygen atoms in total. The molecule has 1 fully saturated rings. The van der Waals surface area contributed by atoms with E-state index in [0.29, 0.717) is 17.9 Å². The topological polar surface area (TPSA) is 140 Å². The van der Waals surface area contributed by atoms with E-state index in [4.69, 9.17) is 4.74 Å². The lowest BCUT2D eigenvalue weighted by Gasteiger charge is -2.31. The van der Waals surface area contributed by atoms with Crippen molar-refractivity contribution in [3.05, 3.63) is 65.5 Å². The number of carbonyl (C=O) groups is 3. The van der Waals surface area contributed by atoms with E-state index in [1.807, 2.05) is 6.92 Å². The minimum absolute atomic E-state index is 0.0327. The van der Waals surface area contributed by atoms with Crippen molar-refractivity contribution in [1.82, 2.24) is 20.9 Å².